The van der Waals surface area contributed by atoms with Crippen LogP contribution in [0.5, 0.6) is 5.75 Å². The molecule has 1 aliphatic heterocycles. The van der Waals surface area contributed by atoms with Crippen LogP contribution in [-0.2, 0) is 9.59 Å². The molecule has 1 fully saturated rings. The number of amides is 2. The minimum Gasteiger partial charge on any atom is -0.491 e. The zero-order valence-corrected chi connectivity index (χ0v) is 14.5. The Morgan fingerprint density at radius 3 is 2.75 bits per heavy atom. The van der Waals surface area contributed by atoms with E-state index in [0.29, 0.717) is 13.0 Å². The number of hydrogen-bond acceptors (Lipinski definition) is 3. The largest absolute Gasteiger partial charge is 0.491 e. The Kier molecular flexibility index (Phi) is 6.85. The van der Waals surface area contributed by atoms with Gasteiger partial charge < -0.3 is 15.0 Å². The van der Waals surface area contributed by atoms with E-state index in [1.165, 1.54) is 6.08 Å². The van der Waals surface area contributed by atoms with Gasteiger partial charge >= 0.3 is 0 Å². The molecule has 0 atom stereocenters. The summed E-state index contributed by atoms with van der Waals surface area (Å²) in [6.07, 6.45) is 5.86. The van der Waals surface area contributed by atoms with Crippen LogP contribution >= 0.6 is 0 Å². The maximum absolute atomic E-state index is 11.9. The van der Waals surface area contributed by atoms with Gasteiger partial charge in [0, 0.05) is 32.1 Å². The first-order chi connectivity index (χ1) is 11.5. The van der Waals surface area contributed by atoms with Crippen LogP contribution in [0, 0.1) is 0 Å². The zero-order valence-electron chi connectivity index (χ0n) is 14.5. The lowest BCUT2D eigenvalue weighted by Crippen LogP contribution is -2.32. The summed E-state index contributed by atoms with van der Waals surface area (Å²) in [5.41, 5.74) is 0.899. The quantitative estimate of drug-likeness (QED) is 0.782. The van der Waals surface area contributed by atoms with Crippen molar-refractivity contribution in [3.8, 4) is 5.75 Å². The van der Waals surface area contributed by atoms with E-state index in [0.717, 1.165) is 37.2 Å². The predicted octanol–water partition coefficient (Wildman–Crippen LogP) is 2.62. The molecule has 1 aromatic carbocycles. The maximum atomic E-state index is 11.9. The molecule has 0 bridgehead atoms. The normalized spacial score (nSPS) is 14.4. The summed E-state index contributed by atoms with van der Waals surface area (Å²) in [5, 5.41) is 2.75. The maximum Gasteiger partial charge on any atom is 0.244 e. The van der Waals surface area contributed by atoms with E-state index < -0.39 is 0 Å². The van der Waals surface area contributed by atoms with Crippen LogP contribution in [0.4, 0.5) is 0 Å². The first-order valence-electron chi connectivity index (χ1n) is 8.55. The SMILES string of the molecule is CC(C)Oc1cccc(/C=C/C(=O)NCCC(=O)N2CCCC2)c1. The number of nitrogens with one attached hydrogen (secondary N) is 1. The Hall–Kier alpha value is -2.30. The average molecular weight is 330 g/mol. The number of carbonyl (C=O) groups is 2. The predicted molar refractivity (Wildman–Crippen MR) is 94.7 cm³/mol. The van der Waals surface area contributed by atoms with Gasteiger partial charge in [0.15, 0.2) is 0 Å². The molecule has 0 saturated carbocycles. The molecule has 5 heteroatoms. The Balaban J connectivity index is 1.75. The van der Waals surface area contributed by atoms with Gasteiger partial charge in [-0.25, -0.2) is 0 Å². The highest BCUT2D eigenvalue weighted by atomic mass is 16.5. The number of likely N-dealkylation sites (tertiary alicyclic amines) is 1. The highest BCUT2D eigenvalue weighted by Crippen LogP contribution is 2.15. The van der Waals surface area contributed by atoms with E-state index in [9.17, 15) is 9.59 Å². The number of carbonyl (C=O) groups excluding carboxylic acids is 2. The molecule has 0 aliphatic carbocycles. The Morgan fingerprint density at radius 2 is 2.04 bits per heavy atom. The molecule has 130 valence electrons. The molecular weight excluding hydrogens is 304 g/mol. The van der Waals surface area contributed by atoms with E-state index in [2.05, 4.69) is 5.32 Å². The third-order valence-corrected chi connectivity index (χ3v) is 3.75. The van der Waals surface area contributed by atoms with Crippen molar-refractivity contribution in [2.75, 3.05) is 19.6 Å². The van der Waals surface area contributed by atoms with Crippen molar-refractivity contribution in [3.63, 3.8) is 0 Å². The zero-order chi connectivity index (χ0) is 17.4. The fourth-order valence-electron chi connectivity index (χ4n) is 2.61. The van der Waals surface area contributed by atoms with Crippen LogP contribution in [0.15, 0.2) is 30.3 Å². The number of nitrogens with zero attached hydrogens (tertiary/aromatic N) is 1. The standard InChI is InChI=1S/C19H26N2O3/c1-15(2)24-17-7-5-6-16(14-17)8-9-18(22)20-11-10-19(23)21-12-3-4-13-21/h5-9,14-15H,3-4,10-13H2,1-2H3,(H,20,22)/b9-8+. The summed E-state index contributed by atoms with van der Waals surface area (Å²) < 4.78 is 5.63. The van der Waals surface area contributed by atoms with Crippen molar-refractivity contribution in [2.45, 2.75) is 39.2 Å². The summed E-state index contributed by atoms with van der Waals surface area (Å²) in [6.45, 7) is 6.01. The van der Waals surface area contributed by atoms with E-state index in [-0.39, 0.29) is 17.9 Å². The summed E-state index contributed by atoms with van der Waals surface area (Å²) in [6, 6.07) is 7.58. The molecule has 0 radical (unpaired) electrons. The monoisotopic (exact) mass is 330 g/mol. The molecule has 2 amide bonds. The van der Waals surface area contributed by atoms with Gasteiger partial charge in [0.25, 0.3) is 0 Å². The van der Waals surface area contributed by atoms with Crippen molar-refractivity contribution < 1.29 is 14.3 Å². The molecular formula is C19H26N2O3. The third kappa shape index (κ3) is 6.07. The van der Waals surface area contributed by atoms with Crippen molar-refractivity contribution in [3.05, 3.63) is 35.9 Å². The molecule has 0 aromatic heterocycles. The van der Waals surface area contributed by atoms with Crippen molar-refractivity contribution in [1.82, 2.24) is 10.2 Å². The van der Waals surface area contributed by atoms with Gasteiger partial charge in [-0.2, -0.15) is 0 Å². The minimum absolute atomic E-state index is 0.112. The number of ether oxygens (including phenoxy) is 1. The molecule has 0 spiro atoms. The van der Waals surface area contributed by atoms with Crippen LogP contribution < -0.4 is 10.1 Å². The molecule has 24 heavy (non-hydrogen) atoms. The number of benzene rings is 1. The summed E-state index contributed by atoms with van der Waals surface area (Å²) in [4.78, 5) is 25.6. The van der Waals surface area contributed by atoms with Crippen LogP contribution in [0.3, 0.4) is 0 Å². The molecule has 0 unspecified atom stereocenters. The number of rotatable bonds is 7. The summed E-state index contributed by atoms with van der Waals surface area (Å²) in [5.74, 6) is 0.707. The summed E-state index contributed by atoms with van der Waals surface area (Å²) >= 11 is 0. The van der Waals surface area contributed by atoms with Gasteiger partial charge in [0.2, 0.25) is 11.8 Å². The lowest BCUT2D eigenvalue weighted by molar-refractivity contribution is -0.130. The molecule has 1 aromatic rings. The van der Waals surface area contributed by atoms with Crippen LogP contribution in [0.1, 0.15) is 38.7 Å². The molecule has 1 aliphatic rings. The van der Waals surface area contributed by atoms with Crippen molar-refractivity contribution in [1.29, 1.82) is 0 Å². The van der Waals surface area contributed by atoms with Crippen LogP contribution in [0.25, 0.3) is 6.08 Å². The third-order valence-electron chi connectivity index (χ3n) is 3.75. The van der Waals surface area contributed by atoms with Crippen molar-refractivity contribution in [2.24, 2.45) is 0 Å². The van der Waals surface area contributed by atoms with E-state index in [1.54, 1.807) is 6.08 Å². The van der Waals surface area contributed by atoms with Gasteiger partial charge in [-0.1, -0.05) is 12.1 Å². The first-order valence-corrected chi connectivity index (χ1v) is 8.55. The van der Waals surface area contributed by atoms with Gasteiger partial charge in [-0.05, 0) is 50.5 Å². The fourth-order valence-corrected chi connectivity index (χ4v) is 2.61. The van der Waals surface area contributed by atoms with E-state index in [1.807, 2.05) is 43.0 Å². The lowest BCUT2D eigenvalue weighted by Gasteiger charge is -2.14. The highest BCUT2D eigenvalue weighted by Gasteiger charge is 2.17. The molecule has 2 rings (SSSR count). The molecule has 1 N–H and O–H groups in total. The second kappa shape index (κ2) is 9.11. The highest BCUT2D eigenvalue weighted by molar-refractivity contribution is 5.92. The second-order valence-corrected chi connectivity index (χ2v) is 6.20. The smallest absolute Gasteiger partial charge is 0.244 e. The van der Waals surface area contributed by atoms with Gasteiger partial charge in [-0.3, -0.25) is 9.59 Å². The van der Waals surface area contributed by atoms with Gasteiger partial charge in [0.05, 0.1) is 6.10 Å². The van der Waals surface area contributed by atoms with Gasteiger partial charge in [0.1, 0.15) is 5.75 Å². The number of hydrogen-bond donors (Lipinski definition) is 1. The van der Waals surface area contributed by atoms with Crippen LogP contribution in [-0.4, -0.2) is 42.5 Å². The molecule has 1 heterocycles. The Morgan fingerprint density at radius 1 is 1.29 bits per heavy atom. The lowest BCUT2D eigenvalue weighted by atomic mass is 10.2. The van der Waals surface area contributed by atoms with Gasteiger partial charge in [-0.15, -0.1) is 0 Å². The van der Waals surface area contributed by atoms with Crippen LogP contribution in [0.2, 0.25) is 0 Å². The fraction of sp³-hybridized carbons (Fsp3) is 0.474. The summed E-state index contributed by atoms with van der Waals surface area (Å²) in [7, 11) is 0. The first kappa shape index (κ1) is 18.0. The molecule has 1 saturated heterocycles. The molecule has 5 nitrogen and oxygen atoms in total. The second-order valence-electron chi connectivity index (χ2n) is 6.20. The minimum atomic E-state index is -0.195. The Bertz CT molecular complexity index is 590. The Labute approximate surface area is 143 Å². The van der Waals surface area contributed by atoms with E-state index >= 15 is 0 Å². The van der Waals surface area contributed by atoms with E-state index in [4.69, 9.17) is 4.74 Å². The topological polar surface area (TPSA) is 58.6 Å². The van der Waals surface area contributed by atoms with Crippen molar-refractivity contribution >= 4 is 17.9 Å². The average Bonchev–Trinajstić information content (AvgIpc) is 3.07.